The van der Waals surface area contributed by atoms with Crippen LogP contribution in [0.5, 0.6) is 5.88 Å². The second-order valence-electron chi connectivity index (χ2n) is 3.69. The molecule has 0 amide bonds. The highest BCUT2D eigenvalue weighted by molar-refractivity contribution is 5.06. The molecule has 2 rings (SSSR count). The van der Waals surface area contributed by atoms with E-state index in [0.717, 1.165) is 19.4 Å². The van der Waals surface area contributed by atoms with Gasteiger partial charge in [0, 0.05) is 24.8 Å². The van der Waals surface area contributed by atoms with Gasteiger partial charge >= 0.3 is 0 Å². The third-order valence-corrected chi connectivity index (χ3v) is 2.45. The molecule has 1 saturated heterocycles. The van der Waals surface area contributed by atoms with Gasteiger partial charge in [-0.2, -0.15) is 5.10 Å². The van der Waals surface area contributed by atoms with Gasteiger partial charge in [-0.1, -0.05) is 0 Å². The van der Waals surface area contributed by atoms with E-state index in [-0.39, 0.29) is 6.10 Å². The number of hydrogen-bond donors (Lipinski definition) is 1. The van der Waals surface area contributed by atoms with E-state index in [2.05, 4.69) is 22.4 Å². The zero-order valence-corrected chi connectivity index (χ0v) is 8.31. The Kier molecular flexibility index (Phi) is 2.93. The van der Waals surface area contributed by atoms with Crippen LogP contribution in [0.1, 0.15) is 19.8 Å². The van der Waals surface area contributed by atoms with Gasteiger partial charge in [-0.05, 0) is 25.8 Å². The largest absolute Gasteiger partial charge is 0.472 e. The normalized spacial score (nSPS) is 27.2. The molecule has 4 heteroatoms. The minimum absolute atomic E-state index is 0.239. The topological polar surface area (TPSA) is 47.0 Å². The lowest BCUT2D eigenvalue weighted by Gasteiger charge is -2.27. The Labute approximate surface area is 83.7 Å². The van der Waals surface area contributed by atoms with Crippen molar-refractivity contribution in [3.8, 4) is 5.88 Å². The van der Waals surface area contributed by atoms with Crippen LogP contribution >= 0.6 is 0 Å². The van der Waals surface area contributed by atoms with Crippen LogP contribution in [0.25, 0.3) is 0 Å². The highest BCUT2D eigenvalue weighted by Gasteiger charge is 2.18. The van der Waals surface area contributed by atoms with E-state index in [1.165, 1.54) is 0 Å². The van der Waals surface area contributed by atoms with Gasteiger partial charge in [-0.25, -0.2) is 0 Å². The molecule has 0 saturated carbocycles. The zero-order valence-electron chi connectivity index (χ0n) is 8.31. The summed E-state index contributed by atoms with van der Waals surface area (Å²) in [7, 11) is 0. The van der Waals surface area contributed by atoms with Crippen LogP contribution in [0, 0.1) is 0 Å². The Morgan fingerprint density at radius 2 is 2.43 bits per heavy atom. The smallest absolute Gasteiger partial charge is 0.233 e. The number of hydrogen-bond acceptors (Lipinski definition) is 4. The summed E-state index contributed by atoms with van der Waals surface area (Å²) in [5, 5.41) is 11.0. The van der Waals surface area contributed by atoms with Gasteiger partial charge in [0.15, 0.2) is 0 Å². The maximum Gasteiger partial charge on any atom is 0.233 e. The Morgan fingerprint density at radius 3 is 3.07 bits per heavy atom. The molecule has 0 aromatic carbocycles. The van der Waals surface area contributed by atoms with Gasteiger partial charge in [0.05, 0.1) is 0 Å². The highest BCUT2D eigenvalue weighted by Crippen LogP contribution is 2.13. The minimum Gasteiger partial charge on any atom is -0.472 e. The van der Waals surface area contributed by atoms with E-state index in [9.17, 15) is 0 Å². The third kappa shape index (κ3) is 2.42. The van der Waals surface area contributed by atoms with E-state index in [1.807, 2.05) is 12.1 Å². The molecule has 2 atom stereocenters. The fourth-order valence-electron chi connectivity index (χ4n) is 1.59. The molecule has 1 aromatic rings. The molecule has 1 N–H and O–H groups in total. The van der Waals surface area contributed by atoms with Gasteiger partial charge in [-0.15, -0.1) is 5.10 Å². The van der Waals surface area contributed by atoms with Crippen LogP contribution in [-0.4, -0.2) is 28.9 Å². The van der Waals surface area contributed by atoms with Crippen molar-refractivity contribution in [2.24, 2.45) is 0 Å². The quantitative estimate of drug-likeness (QED) is 0.761. The van der Waals surface area contributed by atoms with E-state index >= 15 is 0 Å². The van der Waals surface area contributed by atoms with Gasteiger partial charge < -0.3 is 10.1 Å². The SMILES string of the molecule is CC1CCC(Oc2cccnn2)CN1. The minimum atomic E-state index is 0.239. The molecule has 0 bridgehead atoms. The van der Waals surface area contributed by atoms with Crippen molar-refractivity contribution in [3.05, 3.63) is 18.3 Å². The molecule has 2 heterocycles. The van der Waals surface area contributed by atoms with Crippen molar-refractivity contribution in [1.29, 1.82) is 0 Å². The van der Waals surface area contributed by atoms with Crippen LogP contribution in [0.15, 0.2) is 18.3 Å². The standard InChI is InChI=1S/C10H15N3O/c1-8-4-5-9(7-11-8)14-10-3-2-6-12-13-10/h2-3,6,8-9,11H,4-5,7H2,1H3. The van der Waals surface area contributed by atoms with Gasteiger partial charge in [0.2, 0.25) is 5.88 Å². The molecule has 0 radical (unpaired) electrons. The second-order valence-corrected chi connectivity index (χ2v) is 3.69. The molecule has 0 aliphatic carbocycles. The number of rotatable bonds is 2. The van der Waals surface area contributed by atoms with Crippen molar-refractivity contribution >= 4 is 0 Å². The van der Waals surface area contributed by atoms with Crippen LogP contribution in [-0.2, 0) is 0 Å². The second kappa shape index (κ2) is 4.37. The summed E-state index contributed by atoms with van der Waals surface area (Å²) in [6.07, 6.45) is 4.13. The Bertz CT molecular complexity index is 270. The molecule has 4 nitrogen and oxygen atoms in total. The molecular weight excluding hydrogens is 178 g/mol. The number of piperidine rings is 1. The maximum atomic E-state index is 5.67. The van der Waals surface area contributed by atoms with E-state index in [4.69, 9.17) is 4.74 Å². The lowest BCUT2D eigenvalue weighted by molar-refractivity contribution is 0.145. The van der Waals surface area contributed by atoms with Crippen LogP contribution in [0.4, 0.5) is 0 Å². The van der Waals surface area contributed by atoms with Crippen LogP contribution < -0.4 is 10.1 Å². The van der Waals surface area contributed by atoms with Crippen molar-refractivity contribution in [2.75, 3.05) is 6.54 Å². The molecule has 1 fully saturated rings. The van der Waals surface area contributed by atoms with Crippen LogP contribution in [0.3, 0.4) is 0 Å². The van der Waals surface area contributed by atoms with Gasteiger partial charge in [0.25, 0.3) is 0 Å². The summed E-state index contributed by atoms with van der Waals surface area (Å²) >= 11 is 0. The maximum absolute atomic E-state index is 5.67. The molecule has 1 aliphatic heterocycles. The van der Waals surface area contributed by atoms with Gasteiger partial charge in [-0.3, -0.25) is 0 Å². The molecule has 1 aliphatic rings. The third-order valence-electron chi connectivity index (χ3n) is 2.45. The van der Waals surface area contributed by atoms with E-state index < -0.39 is 0 Å². The first-order valence-electron chi connectivity index (χ1n) is 5.02. The molecule has 0 spiro atoms. The summed E-state index contributed by atoms with van der Waals surface area (Å²) in [5.41, 5.74) is 0. The predicted octanol–water partition coefficient (Wildman–Crippen LogP) is 0.996. The van der Waals surface area contributed by atoms with Crippen molar-refractivity contribution < 1.29 is 4.74 Å². The van der Waals surface area contributed by atoms with Crippen molar-refractivity contribution in [3.63, 3.8) is 0 Å². The Hall–Kier alpha value is -1.16. The summed E-state index contributed by atoms with van der Waals surface area (Å²) in [4.78, 5) is 0. The highest BCUT2D eigenvalue weighted by atomic mass is 16.5. The van der Waals surface area contributed by atoms with Crippen molar-refractivity contribution in [1.82, 2.24) is 15.5 Å². The first-order chi connectivity index (χ1) is 6.84. The first-order valence-corrected chi connectivity index (χ1v) is 5.02. The lowest BCUT2D eigenvalue weighted by Crippen LogP contribution is -2.42. The van der Waals surface area contributed by atoms with Crippen LogP contribution in [0.2, 0.25) is 0 Å². The van der Waals surface area contributed by atoms with Gasteiger partial charge in [0.1, 0.15) is 6.10 Å². The Balaban J connectivity index is 1.87. The number of nitrogens with one attached hydrogen (secondary N) is 1. The monoisotopic (exact) mass is 193 g/mol. The fraction of sp³-hybridized carbons (Fsp3) is 0.600. The van der Waals surface area contributed by atoms with E-state index in [1.54, 1.807) is 6.20 Å². The van der Waals surface area contributed by atoms with E-state index in [0.29, 0.717) is 11.9 Å². The summed E-state index contributed by atoms with van der Waals surface area (Å²) in [6.45, 7) is 3.09. The zero-order chi connectivity index (χ0) is 9.80. The summed E-state index contributed by atoms with van der Waals surface area (Å²) in [6, 6.07) is 4.28. The first kappa shape index (κ1) is 9.40. The molecule has 76 valence electrons. The average molecular weight is 193 g/mol. The fourth-order valence-corrected chi connectivity index (χ4v) is 1.59. The number of nitrogens with zero attached hydrogens (tertiary/aromatic N) is 2. The predicted molar refractivity (Wildman–Crippen MR) is 53.1 cm³/mol. The molecule has 14 heavy (non-hydrogen) atoms. The average Bonchev–Trinajstić information content (AvgIpc) is 2.23. The number of aromatic nitrogens is 2. The molecule has 2 unspecified atom stereocenters. The molecule has 1 aromatic heterocycles. The summed E-state index contributed by atoms with van der Waals surface area (Å²) < 4.78 is 5.67. The number of ether oxygens (including phenoxy) is 1. The Morgan fingerprint density at radius 1 is 1.50 bits per heavy atom. The summed E-state index contributed by atoms with van der Waals surface area (Å²) in [5.74, 6) is 0.619. The lowest BCUT2D eigenvalue weighted by atomic mass is 10.0. The molecular formula is C10H15N3O. The van der Waals surface area contributed by atoms with Crippen molar-refractivity contribution in [2.45, 2.75) is 31.9 Å².